The number of halogens is 1. The molecule has 0 spiro atoms. The lowest BCUT2D eigenvalue weighted by molar-refractivity contribution is -0.117. The molecule has 0 fully saturated rings. The van der Waals surface area contributed by atoms with Crippen LogP contribution in [0.2, 0.25) is 0 Å². The van der Waals surface area contributed by atoms with Crippen LogP contribution in [0.3, 0.4) is 0 Å². The third-order valence-corrected chi connectivity index (χ3v) is 5.44. The number of amides is 1. The van der Waals surface area contributed by atoms with E-state index in [0.29, 0.717) is 5.69 Å². The van der Waals surface area contributed by atoms with Crippen molar-refractivity contribution in [3.63, 3.8) is 0 Å². The van der Waals surface area contributed by atoms with Gasteiger partial charge in [-0.15, -0.1) is 0 Å². The lowest BCUT2D eigenvalue weighted by Crippen LogP contribution is -2.20. The topological polar surface area (TPSA) is 66.5 Å². The minimum atomic E-state index is -3.68. The first-order valence-electron chi connectivity index (χ1n) is 6.55. The van der Waals surface area contributed by atoms with Crippen LogP contribution in [-0.2, 0) is 21.2 Å². The molecule has 1 N–H and O–H groups in total. The number of benzene rings is 2. The standard InChI is InChI=1S/C15H13BrN2O3S/c1-18-14-7-6-13(8-10(14)9-15(18)19)22(20,21)17-12-4-2-11(16)3-5-12/h2-8,17H,9H2,1H3. The molecule has 22 heavy (non-hydrogen) atoms. The van der Waals surface area contributed by atoms with E-state index < -0.39 is 10.0 Å². The smallest absolute Gasteiger partial charge is 0.261 e. The van der Waals surface area contributed by atoms with Crippen molar-refractivity contribution in [1.82, 2.24) is 0 Å². The number of rotatable bonds is 3. The van der Waals surface area contributed by atoms with Crippen molar-refractivity contribution in [3.05, 3.63) is 52.5 Å². The Morgan fingerprint density at radius 3 is 2.50 bits per heavy atom. The number of likely N-dealkylation sites (N-methyl/N-ethyl adjacent to an activating group) is 1. The number of carbonyl (C=O) groups is 1. The third kappa shape index (κ3) is 2.74. The van der Waals surface area contributed by atoms with Crippen LogP contribution in [0.1, 0.15) is 5.56 Å². The van der Waals surface area contributed by atoms with E-state index in [1.807, 2.05) is 0 Å². The predicted octanol–water partition coefficient (Wildman–Crippen LogP) is 2.77. The number of nitrogens with zero attached hydrogens (tertiary/aromatic N) is 1. The molecule has 0 radical (unpaired) electrons. The maximum Gasteiger partial charge on any atom is 0.261 e. The van der Waals surface area contributed by atoms with Crippen LogP contribution >= 0.6 is 15.9 Å². The minimum Gasteiger partial charge on any atom is -0.315 e. The van der Waals surface area contributed by atoms with Gasteiger partial charge >= 0.3 is 0 Å². The molecular weight excluding hydrogens is 368 g/mol. The molecule has 7 heteroatoms. The van der Waals surface area contributed by atoms with E-state index in [2.05, 4.69) is 20.7 Å². The summed E-state index contributed by atoms with van der Waals surface area (Å²) in [5.41, 5.74) is 1.97. The van der Waals surface area contributed by atoms with Crippen LogP contribution in [0.4, 0.5) is 11.4 Å². The number of fused-ring (bicyclic) bond motifs is 1. The van der Waals surface area contributed by atoms with E-state index in [9.17, 15) is 13.2 Å². The highest BCUT2D eigenvalue weighted by Gasteiger charge is 2.26. The molecule has 1 amide bonds. The average molecular weight is 381 g/mol. The summed E-state index contributed by atoms with van der Waals surface area (Å²) in [4.78, 5) is 13.4. The molecule has 0 bridgehead atoms. The minimum absolute atomic E-state index is 0.0367. The van der Waals surface area contributed by atoms with Gasteiger partial charge in [-0.05, 0) is 48.0 Å². The second-order valence-electron chi connectivity index (χ2n) is 5.03. The van der Waals surface area contributed by atoms with Crippen LogP contribution in [0.15, 0.2) is 51.8 Å². The fourth-order valence-corrected chi connectivity index (χ4v) is 3.72. The van der Waals surface area contributed by atoms with E-state index in [4.69, 9.17) is 0 Å². The lowest BCUT2D eigenvalue weighted by atomic mass is 10.2. The second kappa shape index (κ2) is 5.40. The van der Waals surface area contributed by atoms with Crippen molar-refractivity contribution in [3.8, 4) is 0 Å². The van der Waals surface area contributed by atoms with Gasteiger partial charge in [-0.3, -0.25) is 9.52 Å². The fraction of sp³-hybridized carbons (Fsp3) is 0.133. The SMILES string of the molecule is CN1C(=O)Cc2cc(S(=O)(=O)Nc3ccc(Br)cc3)ccc21. The number of nitrogens with one attached hydrogen (secondary N) is 1. The van der Waals surface area contributed by atoms with Gasteiger partial charge in [-0.25, -0.2) is 8.42 Å². The maximum atomic E-state index is 12.4. The van der Waals surface area contributed by atoms with Crippen LogP contribution in [-0.4, -0.2) is 21.4 Å². The summed E-state index contributed by atoms with van der Waals surface area (Å²) in [6.45, 7) is 0. The van der Waals surface area contributed by atoms with Gasteiger partial charge in [0, 0.05) is 22.9 Å². The number of hydrogen-bond donors (Lipinski definition) is 1. The number of hydrogen-bond acceptors (Lipinski definition) is 3. The lowest BCUT2D eigenvalue weighted by Gasteiger charge is -2.12. The van der Waals surface area contributed by atoms with Gasteiger partial charge in [-0.2, -0.15) is 0 Å². The number of anilines is 2. The molecule has 5 nitrogen and oxygen atoms in total. The van der Waals surface area contributed by atoms with E-state index in [0.717, 1.165) is 15.7 Å². The van der Waals surface area contributed by atoms with Gasteiger partial charge in [0.1, 0.15) is 0 Å². The molecular formula is C15H13BrN2O3S. The molecule has 0 atom stereocenters. The molecule has 0 saturated heterocycles. The molecule has 3 rings (SSSR count). The summed E-state index contributed by atoms with van der Waals surface area (Å²) in [5, 5.41) is 0. The monoisotopic (exact) mass is 380 g/mol. The Morgan fingerprint density at radius 2 is 1.82 bits per heavy atom. The predicted molar refractivity (Wildman–Crippen MR) is 88.5 cm³/mol. The molecule has 1 heterocycles. The summed E-state index contributed by atoms with van der Waals surface area (Å²) in [7, 11) is -1.99. The molecule has 0 saturated carbocycles. The highest BCUT2D eigenvalue weighted by molar-refractivity contribution is 9.10. The van der Waals surface area contributed by atoms with Gasteiger partial charge < -0.3 is 4.90 Å². The van der Waals surface area contributed by atoms with E-state index in [-0.39, 0.29) is 17.2 Å². The highest BCUT2D eigenvalue weighted by Crippen LogP contribution is 2.30. The van der Waals surface area contributed by atoms with Crippen molar-refractivity contribution in [2.75, 3.05) is 16.7 Å². The van der Waals surface area contributed by atoms with Crippen LogP contribution in [0.25, 0.3) is 0 Å². The van der Waals surface area contributed by atoms with Crippen LogP contribution in [0.5, 0.6) is 0 Å². The van der Waals surface area contributed by atoms with Gasteiger partial charge in [0.05, 0.1) is 11.3 Å². The third-order valence-electron chi connectivity index (χ3n) is 3.53. The van der Waals surface area contributed by atoms with Crippen molar-refractivity contribution in [2.45, 2.75) is 11.3 Å². The Labute approximate surface area is 137 Å². The number of carbonyl (C=O) groups excluding carboxylic acids is 1. The van der Waals surface area contributed by atoms with Gasteiger partial charge in [0.2, 0.25) is 5.91 Å². The largest absolute Gasteiger partial charge is 0.315 e. The summed E-state index contributed by atoms with van der Waals surface area (Å²) in [6.07, 6.45) is 0.230. The fourth-order valence-electron chi connectivity index (χ4n) is 2.35. The normalized spacial score (nSPS) is 14.1. The first-order valence-corrected chi connectivity index (χ1v) is 8.82. The van der Waals surface area contributed by atoms with Gasteiger partial charge in [0.15, 0.2) is 0 Å². The van der Waals surface area contributed by atoms with Gasteiger partial charge in [0.25, 0.3) is 10.0 Å². The molecule has 2 aromatic rings. The molecule has 2 aromatic carbocycles. The zero-order chi connectivity index (χ0) is 15.9. The quantitative estimate of drug-likeness (QED) is 0.889. The Morgan fingerprint density at radius 1 is 1.14 bits per heavy atom. The van der Waals surface area contributed by atoms with Crippen LogP contribution < -0.4 is 9.62 Å². The zero-order valence-corrected chi connectivity index (χ0v) is 14.1. The summed E-state index contributed by atoms with van der Waals surface area (Å²) >= 11 is 3.30. The zero-order valence-electron chi connectivity index (χ0n) is 11.7. The van der Waals surface area contributed by atoms with E-state index in [1.54, 1.807) is 43.4 Å². The molecule has 0 aromatic heterocycles. The Bertz CT molecular complexity index is 848. The number of sulfonamides is 1. The molecule has 1 aliphatic rings. The first-order chi connectivity index (χ1) is 10.4. The Hall–Kier alpha value is -1.86. The Balaban J connectivity index is 1.92. The van der Waals surface area contributed by atoms with Crippen molar-refractivity contribution >= 4 is 43.2 Å². The van der Waals surface area contributed by atoms with Gasteiger partial charge in [-0.1, -0.05) is 15.9 Å². The van der Waals surface area contributed by atoms with Crippen molar-refractivity contribution in [1.29, 1.82) is 0 Å². The van der Waals surface area contributed by atoms with Crippen molar-refractivity contribution in [2.24, 2.45) is 0 Å². The van der Waals surface area contributed by atoms with Crippen molar-refractivity contribution < 1.29 is 13.2 Å². The Kier molecular flexibility index (Phi) is 3.70. The summed E-state index contributed by atoms with van der Waals surface area (Å²) < 4.78 is 28.3. The highest BCUT2D eigenvalue weighted by atomic mass is 79.9. The maximum absolute atomic E-state index is 12.4. The molecule has 114 valence electrons. The van der Waals surface area contributed by atoms with E-state index in [1.165, 1.54) is 11.0 Å². The average Bonchev–Trinajstić information content (AvgIpc) is 2.76. The molecule has 0 unspecified atom stereocenters. The molecule has 1 aliphatic heterocycles. The van der Waals surface area contributed by atoms with E-state index >= 15 is 0 Å². The summed E-state index contributed by atoms with van der Waals surface area (Å²) in [5.74, 6) is -0.0367. The van der Waals surface area contributed by atoms with Crippen LogP contribution in [0, 0.1) is 0 Å². The second-order valence-corrected chi connectivity index (χ2v) is 7.63. The first kappa shape index (κ1) is 15.1. The summed E-state index contributed by atoms with van der Waals surface area (Å²) in [6, 6.07) is 11.6. The molecule has 0 aliphatic carbocycles.